The average molecular weight is 1040 g/mol. The van der Waals surface area contributed by atoms with E-state index in [1.54, 1.807) is 49.0 Å². The molecule has 2 aliphatic heterocycles. The molecule has 14 nitrogen and oxygen atoms in total. The first-order valence-corrected chi connectivity index (χ1v) is 28.8. The molecule has 2 saturated heterocycles. The number of nitrogens with zero attached hydrogens (tertiary/aromatic N) is 2. The molecule has 0 aliphatic carbocycles. The summed E-state index contributed by atoms with van der Waals surface area (Å²) in [6.07, 6.45) is 0.733. The van der Waals surface area contributed by atoms with Crippen LogP contribution in [-0.4, -0.2) is 162 Å². The Balaban J connectivity index is 1.34. The minimum Gasteiger partial charge on any atom is -0.497 e. The fourth-order valence-corrected chi connectivity index (χ4v) is 16.0. The Bertz CT molecular complexity index is 1990. The number of hydrogen-bond acceptors (Lipinski definition) is 14. The second kappa shape index (κ2) is 27.1. The zero-order chi connectivity index (χ0) is 53.8. The second-order valence-electron chi connectivity index (χ2n) is 21.9. The summed E-state index contributed by atoms with van der Waals surface area (Å²) in [5.41, 5.74) is -3.39. The van der Waals surface area contributed by atoms with Crippen LogP contribution in [0, 0.1) is 17.8 Å². The number of aliphatic hydroxyl groups is 5. The van der Waals surface area contributed by atoms with Crippen molar-refractivity contribution in [2.45, 2.75) is 179 Å². The summed E-state index contributed by atoms with van der Waals surface area (Å²) in [6, 6.07) is 24.8. The largest absolute Gasteiger partial charge is 0.497 e. The third-order valence-corrected chi connectivity index (χ3v) is 20.5. The lowest BCUT2D eigenvalue weighted by Crippen LogP contribution is -2.59. The molecule has 2 aliphatic rings. The Kier molecular flexibility index (Phi) is 22.4. The van der Waals surface area contributed by atoms with E-state index in [9.17, 15) is 30.3 Å². The molecule has 3 aromatic rings. The minimum atomic E-state index is -2.14. The van der Waals surface area contributed by atoms with E-state index in [0.29, 0.717) is 19.5 Å². The number of carbonyl (C=O) groups is 1. The lowest BCUT2D eigenvalue weighted by molar-refractivity contribution is -0.299. The fourth-order valence-electron chi connectivity index (χ4n) is 11.6. The summed E-state index contributed by atoms with van der Waals surface area (Å²) < 4.78 is 35.5. The SMILES string of the molecule is CC[C@H]1OC(=O)[C@H](C)[C@@H](O)[C@H](C)[C@@H](O[C@@H]2O[C@H](C)C[C@H](N(C)C)[C@H]2O)[C@](C)(O)C[C@@H](C)CN(CCCCCCCC[P+](c2ccc(OC)cc2)(c2ccc(OC)cc2)c2ccc(OC)cc2)[C@H](C)[C@@H](O)[C@]1(C)O. The second-order valence-corrected chi connectivity index (χ2v) is 25.5. The molecular weight excluding hydrogens is 948 g/mol. The first-order valence-electron chi connectivity index (χ1n) is 26.8. The van der Waals surface area contributed by atoms with Gasteiger partial charge in [-0.3, -0.25) is 9.69 Å². The number of hydrogen-bond donors (Lipinski definition) is 5. The van der Waals surface area contributed by atoms with Gasteiger partial charge in [-0.15, -0.1) is 0 Å². The summed E-state index contributed by atoms with van der Waals surface area (Å²) >= 11 is 0. The Morgan fingerprint density at radius 1 is 0.726 bits per heavy atom. The van der Waals surface area contributed by atoms with Gasteiger partial charge < -0.3 is 58.9 Å². The quantitative estimate of drug-likeness (QED) is 0.0486. The topological polar surface area (TPSA) is 180 Å². The summed E-state index contributed by atoms with van der Waals surface area (Å²) in [5.74, 6) is -0.368. The maximum atomic E-state index is 13.8. The smallest absolute Gasteiger partial charge is 0.311 e. The van der Waals surface area contributed by atoms with Gasteiger partial charge in [-0.25, -0.2) is 0 Å². The molecule has 2 heterocycles. The molecule has 2 fully saturated rings. The standard InChI is InChI=1S/C58H92N2O12P/c1-14-50-58(8,66)53(63)42(6)60(37-38(2)36-57(7,65)54(40(4)51(61)41(5)55(64)71-50)72-56-52(62)49(59(9)10)35-39(3)70-56)33-19-17-15-16-18-20-34-73(46-27-21-43(67-11)22-28-46,47-29-23-44(68-12)24-30-47)48-31-25-45(69-13)26-32-48/h21-32,38-42,49-54,56,61-63,65-66H,14-20,33-37H2,1-13H3/q+1/t38-,39-,40+,41-,42-,49+,50-,51+,52-,53-,54-,56+,57-,58-/m1/s1. The van der Waals surface area contributed by atoms with E-state index in [4.69, 9.17) is 28.4 Å². The van der Waals surface area contributed by atoms with Crippen LogP contribution in [0.4, 0.5) is 0 Å². The zero-order valence-electron chi connectivity index (χ0n) is 46.3. The molecule has 0 radical (unpaired) electrons. The maximum absolute atomic E-state index is 13.8. The third-order valence-electron chi connectivity index (χ3n) is 16.0. The van der Waals surface area contributed by atoms with Gasteiger partial charge in [0, 0.05) is 24.5 Å². The van der Waals surface area contributed by atoms with Gasteiger partial charge in [-0.05, 0) is 172 Å². The number of likely N-dealkylation sites (N-methyl/N-ethyl adjacent to an activating group) is 1. The van der Waals surface area contributed by atoms with Crippen LogP contribution in [0.15, 0.2) is 72.8 Å². The molecule has 14 atom stereocenters. The Hall–Kier alpha value is -3.40. The van der Waals surface area contributed by atoms with E-state index in [1.165, 1.54) is 22.8 Å². The first-order chi connectivity index (χ1) is 34.5. The number of cyclic esters (lactones) is 1. The molecule has 0 unspecified atom stereocenters. The summed E-state index contributed by atoms with van der Waals surface area (Å²) in [5, 5.41) is 63.8. The number of carbonyl (C=O) groups excluding carboxylic acids is 1. The molecule has 0 bridgehead atoms. The van der Waals surface area contributed by atoms with Gasteiger partial charge in [-0.1, -0.05) is 40.0 Å². The van der Waals surface area contributed by atoms with Gasteiger partial charge in [-0.2, -0.15) is 0 Å². The van der Waals surface area contributed by atoms with Crippen molar-refractivity contribution in [1.82, 2.24) is 9.80 Å². The van der Waals surface area contributed by atoms with E-state index in [-0.39, 0.29) is 30.9 Å². The van der Waals surface area contributed by atoms with Gasteiger partial charge in [0.05, 0.1) is 57.3 Å². The van der Waals surface area contributed by atoms with E-state index in [1.807, 2.05) is 39.8 Å². The molecular formula is C58H92N2O12P+. The number of ether oxygens (including phenoxy) is 6. The number of aliphatic hydroxyl groups excluding tert-OH is 3. The van der Waals surface area contributed by atoms with Crippen molar-refractivity contribution in [3.63, 3.8) is 0 Å². The highest BCUT2D eigenvalue weighted by atomic mass is 31.2. The van der Waals surface area contributed by atoms with Gasteiger partial charge in [0.2, 0.25) is 0 Å². The highest BCUT2D eigenvalue weighted by Gasteiger charge is 2.50. The molecule has 410 valence electrons. The average Bonchev–Trinajstić information content (AvgIpc) is 3.37. The molecule has 5 N–H and O–H groups in total. The first kappa shape index (κ1) is 60.5. The molecule has 0 aromatic heterocycles. The van der Waals surface area contributed by atoms with Crippen LogP contribution in [-0.2, 0) is 19.0 Å². The Labute approximate surface area is 438 Å². The fraction of sp³-hybridized carbons (Fsp3) is 0.672. The number of unbranched alkanes of at least 4 members (excludes halogenated alkanes) is 5. The third kappa shape index (κ3) is 14.8. The van der Waals surface area contributed by atoms with Crippen LogP contribution < -0.4 is 30.1 Å². The molecule has 0 spiro atoms. The van der Waals surface area contributed by atoms with Gasteiger partial charge >= 0.3 is 5.97 Å². The molecule has 3 aromatic carbocycles. The molecule has 73 heavy (non-hydrogen) atoms. The normalized spacial score (nSPS) is 32.3. The maximum Gasteiger partial charge on any atom is 0.311 e. The molecule has 15 heteroatoms. The van der Waals surface area contributed by atoms with Crippen LogP contribution in [0.1, 0.15) is 113 Å². The van der Waals surface area contributed by atoms with Crippen LogP contribution >= 0.6 is 7.26 Å². The number of benzene rings is 3. The van der Waals surface area contributed by atoms with Crippen molar-refractivity contribution in [3.05, 3.63) is 72.8 Å². The van der Waals surface area contributed by atoms with Crippen molar-refractivity contribution in [2.75, 3.05) is 54.7 Å². The van der Waals surface area contributed by atoms with Crippen LogP contribution in [0.2, 0.25) is 0 Å². The van der Waals surface area contributed by atoms with Crippen LogP contribution in [0.5, 0.6) is 17.2 Å². The Morgan fingerprint density at radius 3 is 1.67 bits per heavy atom. The van der Waals surface area contributed by atoms with Crippen molar-refractivity contribution in [1.29, 1.82) is 0 Å². The zero-order valence-corrected chi connectivity index (χ0v) is 47.2. The molecule has 0 saturated carbocycles. The van der Waals surface area contributed by atoms with Gasteiger partial charge in [0.1, 0.15) is 64.3 Å². The number of esters is 1. The van der Waals surface area contributed by atoms with Crippen LogP contribution in [0.3, 0.4) is 0 Å². The van der Waals surface area contributed by atoms with E-state index in [0.717, 1.165) is 61.9 Å². The van der Waals surface area contributed by atoms with E-state index < -0.39 is 79.1 Å². The Morgan fingerprint density at radius 2 is 1.21 bits per heavy atom. The lowest BCUT2D eigenvalue weighted by Gasteiger charge is -2.46. The predicted octanol–water partition coefficient (Wildman–Crippen LogP) is 6.71. The van der Waals surface area contributed by atoms with Crippen molar-refractivity contribution in [2.24, 2.45) is 17.8 Å². The number of rotatable bonds is 19. The highest BCUT2D eigenvalue weighted by Crippen LogP contribution is 2.56. The van der Waals surface area contributed by atoms with E-state index in [2.05, 4.69) is 77.7 Å². The van der Waals surface area contributed by atoms with Crippen molar-refractivity contribution < 1.29 is 58.7 Å². The molecule has 5 rings (SSSR count). The van der Waals surface area contributed by atoms with Crippen molar-refractivity contribution >= 4 is 29.1 Å². The lowest BCUT2D eigenvalue weighted by atomic mass is 9.78. The molecule has 0 amide bonds. The monoisotopic (exact) mass is 1040 g/mol. The highest BCUT2D eigenvalue weighted by molar-refractivity contribution is 7.95. The number of methoxy groups -OCH3 is 3. The summed E-state index contributed by atoms with van der Waals surface area (Å²) in [4.78, 5) is 18.0. The summed E-state index contributed by atoms with van der Waals surface area (Å²) in [6.45, 7) is 15.2. The summed E-state index contributed by atoms with van der Waals surface area (Å²) in [7, 11) is 6.71. The van der Waals surface area contributed by atoms with Crippen LogP contribution in [0.25, 0.3) is 0 Å². The predicted molar refractivity (Wildman–Crippen MR) is 291 cm³/mol. The van der Waals surface area contributed by atoms with Gasteiger partial charge in [0.15, 0.2) is 6.29 Å². The minimum absolute atomic E-state index is 0.163. The van der Waals surface area contributed by atoms with Crippen molar-refractivity contribution in [3.8, 4) is 17.2 Å². The van der Waals surface area contributed by atoms with Gasteiger partial charge in [0.25, 0.3) is 0 Å². The van der Waals surface area contributed by atoms with E-state index >= 15 is 0 Å².